The van der Waals surface area contributed by atoms with Crippen molar-refractivity contribution < 1.29 is 24.2 Å². The summed E-state index contributed by atoms with van der Waals surface area (Å²) in [5.41, 5.74) is 0. The maximum absolute atomic E-state index is 12.4. The normalized spacial score (nSPS) is 13.3. The molecule has 0 saturated carbocycles. The number of aliphatic hydroxyl groups excluding tert-OH is 1. The molecule has 0 aromatic heterocycles. The van der Waals surface area contributed by atoms with Gasteiger partial charge in [0, 0.05) is 12.8 Å². The van der Waals surface area contributed by atoms with Crippen molar-refractivity contribution in [1.82, 2.24) is 0 Å². The first kappa shape index (κ1) is 85.0. The fourth-order valence-electron chi connectivity index (χ4n) is 10.2. The fourth-order valence-corrected chi connectivity index (χ4v) is 10.2. The van der Waals surface area contributed by atoms with E-state index in [1.807, 2.05) is 0 Å². The molecule has 0 aromatic rings. The predicted octanol–water partition coefficient (Wildman–Crippen LogP) is 26.5. The number of rotatable bonds is 67. The number of ether oxygens (including phenoxy) is 2. The Morgan fingerprint density at radius 2 is 0.444 bits per heavy atom. The first-order valence-corrected chi connectivity index (χ1v) is 37.3. The Hall–Kier alpha value is -5.00. The maximum atomic E-state index is 12.4. The lowest BCUT2D eigenvalue weighted by atomic mass is 10.0. The Bertz CT molecular complexity index is 1990. The molecule has 0 aromatic carbocycles. The highest BCUT2D eigenvalue weighted by molar-refractivity contribution is 5.70. The van der Waals surface area contributed by atoms with Crippen molar-refractivity contribution in [2.75, 3.05) is 13.2 Å². The first-order chi connectivity index (χ1) is 44.6. The standard InChI is InChI=1S/C85H138O5/c1-3-5-7-9-11-13-15-17-19-21-23-25-27-29-31-33-35-37-39-40-41-42-43-44-46-48-50-52-54-56-58-60-62-64-66-68-70-72-74-76-78-80-85(88)90-83(81-86)82-89-84(87)79-77-75-73-71-69-67-65-63-61-59-57-55-53-51-49-47-45-38-36-34-32-30-28-26-24-22-20-18-16-14-12-10-8-6-4-2/h5-8,11-14,17-20,23-26,29-32,35-38,40-41,43-44,47,49,83,86H,3-4,9-10,15-16,21-22,27-28,33-34,39,42,45-46,48,50-82H2,1-2H3/b7-5-,8-6-,13-11-,14-12-,19-17-,20-18-,25-23-,26-24-,31-29-,32-30-,37-35-,38-36-,41-40-,44-43-,49-47-. The molecule has 5 nitrogen and oxygen atoms in total. The van der Waals surface area contributed by atoms with Gasteiger partial charge < -0.3 is 14.6 Å². The minimum atomic E-state index is -0.784. The van der Waals surface area contributed by atoms with Crippen molar-refractivity contribution in [3.05, 3.63) is 182 Å². The Kier molecular flexibility index (Phi) is 73.9. The number of carbonyl (C=O) groups excluding carboxylic acids is 2. The second-order valence-corrected chi connectivity index (χ2v) is 24.3. The fraction of sp³-hybridized carbons (Fsp3) is 0.624. The largest absolute Gasteiger partial charge is 0.462 e. The second kappa shape index (κ2) is 78.2. The number of hydrogen-bond acceptors (Lipinski definition) is 5. The van der Waals surface area contributed by atoms with Crippen molar-refractivity contribution in [2.45, 2.75) is 328 Å². The molecule has 0 saturated heterocycles. The molecule has 0 amide bonds. The van der Waals surface area contributed by atoms with E-state index in [1.165, 1.54) is 161 Å². The van der Waals surface area contributed by atoms with Crippen LogP contribution in [0.4, 0.5) is 0 Å². The molecule has 90 heavy (non-hydrogen) atoms. The molecule has 508 valence electrons. The van der Waals surface area contributed by atoms with Gasteiger partial charge in [-0.05, 0) is 135 Å². The average molecular weight is 1240 g/mol. The van der Waals surface area contributed by atoms with Crippen LogP contribution in [0.15, 0.2) is 182 Å². The summed E-state index contributed by atoms with van der Waals surface area (Å²) in [5.74, 6) is -0.591. The molecule has 0 heterocycles. The Morgan fingerprint density at radius 1 is 0.256 bits per heavy atom. The van der Waals surface area contributed by atoms with E-state index >= 15 is 0 Å². The van der Waals surface area contributed by atoms with Gasteiger partial charge in [0.2, 0.25) is 0 Å². The highest BCUT2D eigenvalue weighted by atomic mass is 16.6. The molecule has 1 N–H and O–H groups in total. The Labute approximate surface area is 556 Å². The van der Waals surface area contributed by atoms with Gasteiger partial charge in [-0.15, -0.1) is 0 Å². The quantitative estimate of drug-likeness (QED) is 0.0373. The zero-order chi connectivity index (χ0) is 64.7. The van der Waals surface area contributed by atoms with Gasteiger partial charge in [0.05, 0.1) is 6.61 Å². The van der Waals surface area contributed by atoms with Crippen LogP contribution in [0.1, 0.15) is 322 Å². The lowest BCUT2D eigenvalue weighted by Crippen LogP contribution is -2.28. The third-order valence-electron chi connectivity index (χ3n) is 15.7. The Balaban J connectivity index is 3.51. The number of carbonyl (C=O) groups is 2. The van der Waals surface area contributed by atoms with Crippen molar-refractivity contribution >= 4 is 11.9 Å². The summed E-state index contributed by atoms with van der Waals surface area (Å²) in [7, 11) is 0. The monoisotopic (exact) mass is 1240 g/mol. The van der Waals surface area contributed by atoms with Crippen LogP contribution in [0, 0.1) is 0 Å². The van der Waals surface area contributed by atoms with Crippen LogP contribution in [-0.2, 0) is 19.1 Å². The molecule has 1 unspecified atom stereocenters. The first-order valence-electron chi connectivity index (χ1n) is 37.3. The van der Waals surface area contributed by atoms with E-state index < -0.39 is 6.10 Å². The highest BCUT2D eigenvalue weighted by Gasteiger charge is 2.16. The van der Waals surface area contributed by atoms with Crippen LogP contribution in [0.2, 0.25) is 0 Å². The van der Waals surface area contributed by atoms with Crippen LogP contribution in [0.5, 0.6) is 0 Å². The third kappa shape index (κ3) is 75.5. The molecule has 5 heteroatoms. The SMILES string of the molecule is CC/C=C\C/C=C\C/C=C\C/C=C\C/C=C\C/C=C\C/C=C\C/C=C\CCCCCCCCCCCCCCCCCCC(=O)OC(CO)COC(=O)CCCCCCCCCCCCCCC/C=C\C/C=C\C/C=C\C/C=C\C/C=C\C/C=C\C/C=C\CC. The molecular weight excluding hydrogens is 1100 g/mol. The molecule has 0 aliphatic heterocycles. The Morgan fingerprint density at radius 3 is 0.667 bits per heavy atom. The molecule has 0 aliphatic rings. The topological polar surface area (TPSA) is 72.8 Å². The minimum absolute atomic E-state index is 0.0729. The van der Waals surface area contributed by atoms with E-state index in [0.717, 1.165) is 135 Å². The molecule has 0 fully saturated rings. The van der Waals surface area contributed by atoms with E-state index in [1.54, 1.807) is 0 Å². The minimum Gasteiger partial charge on any atom is -0.462 e. The van der Waals surface area contributed by atoms with Crippen molar-refractivity contribution in [2.24, 2.45) is 0 Å². The maximum Gasteiger partial charge on any atom is 0.306 e. The van der Waals surface area contributed by atoms with Crippen molar-refractivity contribution in [3.8, 4) is 0 Å². The number of esters is 2. The van der Waals surface area contributed by atoms with E-state index in [0.29, 0.717) is 12.8 Å². The zero-order valence-corrected chi connectivity index (χ0v) is 58.3. The number of unbranched alkanes of at least 4 members (excludes halogenated alkanes) is 29. The van der Waals surface area contributed by atoms with Crippen LogP contribution >= 0.6 is 0 Å². The predicted molar refractivity (Wildman–Crippen MR) is 398 cm³/mol. The summed E-state index contributed by atoms with van der Waals surface area (Å²) in [6.45, 7) is 3.92. The zero-order valence-electron chi connectivity index (χ0n) is 58.3. The van der Waals surface area contributed by atoms with Gasteiger partial charge in [0.25, 0.3) is 0 Å². The average Bonchev–Trinajstić information content (AvgIpc) is 3.60. The van der Waals surface area contributed by atoms with Crippen LogP contribution in [0.25, 0.3) is 0 Å². The lowest BCUT2D eigenvalue weighted by Gasteiger charge is -2.15. The lowest BCUT2D eigenvalue weighted by molar-refractivity contribution is -0.161. The summed E-state index contributed by atoms with van der Waals surface area (Å²) in [6, 6.07) is 0. The summed E-state index contributed by atoms with van der Waals surface area (Å²) >= 11 is 0. The summed E-state index contributed by atoms with van der Waals surface area (Å²) < 4.78 is 10.8. The van der Waals surface area contributed by atoms with Gasteiger partial charge in [-0.1, -0.05) is 357 Å². The van der Waals surface area contributed by atoms with E-state index in [-0.39, 0.29) is 25.2 Å². The molecule has 0 rings (SSSR count). The number of allylic oxidation sites excluding steroid dienone is 30. The molecular formula is C85H138O5. The molecule has 0 spiro atoms. The van der Waals surface area contributed by atoms with Gasteiger partial charge >= 0.3 is 11.9 Å². The van der Waals surface area contributed by atoms with Gasteiger partial charge in [0.15, 0.2) is 6.10 Å². The molecule has 1 atom stereocenters. The van der Waals surface area contributed by atoms with Crippen LogP contribution in [-0.4, -0.2) is 36.4 Å². The molecule has 0 aliphatic carbocycles. The second-order valence-electron chi connectivity index (χ2n) is 24.3. The van der Waals surface area contributed by atoms with Gasteiger partial charge in [-0.2, -0.15) is 0 Å². The van der Waals surface area contributed by atoms with E-state index in [9.17, 15) is 14.7 Å². The van der Waals surface area contributed by atoms with Gasteiger partial charge in [0.1, 0.15) is 6.61 Å². The van der Waals surface area contributed by atoms with E-state index in [2.05, 4.69) is 196 Å². The van der Waals surface area contributed by atoms with Crippen molar-refractivity contribution in [1.29, 1.82) is 0 Å². The summed E-state index contributed by atoms with van der Waals surface area (Å²) in [6.07, 6.45) is 122. The smallest absolute Gasteiger partial charge is 0.306 e. The van der Waals surface area contributed by atoms with Crippen LogP contribution < -0.4 is 0 Å². The van der Waals surface area contributed by atoms with Crippen LogP contribution in [0.3, 0.4) is 0 Å². The molecule has 0 radical (unpaired) electrons. The summed E-state index contributed by atoms with van der Waals surface area (Å²) in [4.78, 5) is 24.7. The number of hydrogen-bond donors (Lipinski definition) is 1. The summed E-state index contributed by atoms with van der Waals surface area (Å²) in [5, 5.41) is 9.72. The number of aliphatic hydroxyl groups is 1. The van der Waals surface area contributed by atoms with E-state index in [4.69, 9.17) is 9.47 Å². The van der Waals surface area contributed by atoms with Gasteiger partial charge in [-0.3, -0.25) is 9.59 Å². The van der Waals surface area contributed by atoms with Gasteiger partial charge in [-0.25, -0.2) is 0 Å². The third-order valence-corrected chi connectivity index (χ3v) is 15.7. The van der Waals surface area contributed by atoms with Crippen molar-refractivity contribution in [3.63, 3.8) is 0 Å². The molecule has 0 bridgehead atoms. The highest BCUT2D eigenvalue weighted by Crippen LogP contribution is 2.17.